The lowest BCUT2D eigenvalue weighted by atomic mass is 10.1. The van der Waals surface area contributed by atoms with Crippen LogP contribution in [-0.4, -0.2) is 19.3 Å². The van der Waals surface area contributed by atoms with Gasteiger partial charge in [-0.1, -0.05) is 44.1 Å². The molecule has 0 radical (unpaired) electrons. The summed E-state index contributed by atoms with van der Waals surface area (Å²) in [5.41, 5.74) is 1.38. The summed E-state index contributed by atoms with van der Waals surface area (Å²) in [6.07, 6.45) is 13.7. The van der Waals surface area contributed by atoms with Gasteiger partial charge in [0.1, 0.15) is 18.5 Å². The van der Waals surface area contributed by atoms with Crippen LogP contribution in [0.25, 0.3) is 0 Å². The van der Waals surface area contributed by atoms with Crippen LogP contribution in [0.4, 0.5) is 0 Å². The molecule has 2 nitrogen and oxygen atoms in total. The Bertz CT molecular complexity index is 421. The van der Waals surface area contributed by atoms with Crippen molar-refractivity contribution in [2.75, 3.05) is 13.2 Å². The summed E-state index contributed by atoms with van der Waals surface area (Å²) in [5, 5.41) is 0. The van der Waals surface area contributed by atoms with Gasteiger partial charge in [-0.3, -0.25) is 0 Å². The van der Waals surface area contributed by atoms with Gasteiger partial charge in [-0.05, 0) is 49.8 Å². The Morgan fingerprint density at radius 3 is 2.86 bits per heavy atom. The lowest BCUT2D eigenvalue weighted by Gasteiger charge is -2.07. The molecular weight excluding hydrogens is 260 g/mol. The highest BCUT2D eigenvalue weighted by atomic mass is 16.6. The topological polar surface area (TPSA) is 21.8 Å². The molecule has 1 aromatic rings. The summed E-state index contributed by atoms with van der Waals surface area (Å²) in [4.78, 5) is 0. The van der Waals surface area contributed by atoms with Gasteiger partial charge in [-0.2, -0.15) is 0 Å². The van der Waals surface area contributed by atoms with Gasteiger partial charge in [0.25, 0.3) is 0 Å². The Morgan fingerprint density at radius 1 is 1.19 bits per heavy atom. The molecule has 1 unspecified atom stereocenters. The lowest BCUT2D eigenvalue weighted by Crippen LogP contribution is -2.04. The van der Waals surface area contributed by atoms with E-state index in [2.05, 4.69) is 37.3 Å². The number of unbranched alkanes of at least 4 members (excludes halogenated alkanes) is 4. The van der Waals surface area contributed by atoms with Gasteiger partial charge in [0.05, 0.1) is 6.61 Å². The molecule has 1 aliphatic rings. The van der Waals surface area contributed by atoms with Crippen LogP contribution in [0.5, 0.6) is 5.75 Å². The summed E-state index contributed by atoms with van der Waals surface area (Å²) >= 11 is 0. The van der Waals surface area contributed by atoms with Crippen LogP contribution in [-0.2, 0) is 11.2 Å². The number of rotatable bonds is 11. The Morgan fingerprint density at radius 2 is 2.05 bits per heavy atom. The summed E-state index contributed by atoms with van der Waals surface area (Å²) in [6.45, 7) is 3.73. The molecule has 0 aromatic heterocycles. The Kier molecular flexibility index (Phi) is 7.37. The molecule has 0 amide bonds. The van der Waals surface area contributed by atoms with Gasteiger partial charge >= 0.3 is 0 Å². The number of epoxide rings is 1. The second-order valence-electron chi connectivity index (χ2n) is 5.75. The molecular formula is C19H28O2. The molecule has 116 valence electrons. The molecule has 1 fully saturated rings. The van der Waals surface area contributed by atoms with E-state index in [4.69, 9.17) is 9.47 Å². The van der Waals surface area contributed by atoms with Crippen LogP contribution in [0.3, 0.4) is 0 Å². The maximum atomic E-state index is 5.72. The molecule has 1 atom stereocenters. The van der Waals surface area contributed by atoms with Gasteiger partial charge in [0.2, 0.25) is 0 Å². The van der Waals surface area contributed by atoms with Crippen molar-refractivity contribution in [3.8, 4) is 5.75 Å². The van der Waals surface area contributed by atoms with E-state index in [1.807, 2.05) is 6.07 Å². The summed E-state index contributed by atoms with van der Waals surface area (Å²) < 4.78 is 10.9. The lowest BCUT2D eigenvalue weighted by molar-refractivity contribution is 0.263. The molecule has 0 aliphatic carbocycles. The second-order valence-corrected chi connectivity index (χ2v) is 5.75. The smallest absolute Gasteiger partial charge is 0.119 e. The monoisotopic (exact) mass is 288 g/mol. The third-order valence-electron chi connectivity index (χ3n) is 3.73. The van der Waals surface area contributed by atoms with E-state index in [9.17, 15) is 0 Å². The zero-order valence-corrected chi connectivity index (χ0v) is 13.2. The zero-order chi connectivity index (χ0) is 14.8. The Labute approximate surface area is 129 Å². The molecule has 1 aromatic carbocycles. The van der Waals surface area contributed by atoms with Gasteiger partial charge in [-0.15, -0.1) is 0 Å². The van der Waals surface area contributed by atoms with Crippen molar-refractivity contribution >= 4 is 0 Å². The molecule has 0 N–H and O–H groups in total. The van der Waals surface area contributed by atoms with Crippen LogP contribution in [0.2, 0.25) is 0 Å². The van der Waals surface area contributed by atoms with E-state index in [1.165, 1.54) is 37.7 Å². The van der Waals surface area contributed by atoms with Crippen molar-refractivity contribution in [1.82, 2.24) is 0 Å². The average Bonchev–Trinajstić information content (AvgIpc) is 3.33. The van der Waals surface area contributed by atoms with Crippen molar-refractivity contribution in [3.63, 3.8) is 0 Å². The standard InChI is InChI=1S/C19H28O2/c1-2-3-4-5-6-7-8-9-11-17-12-10-13-18(14-17)20-15-19-16-21-19/h3-4,10,12-14,19H,2,5-9,11,15-16H2,1H3/b4-3+. The first kappa shape index (κ1) is 16.1. The van der Waals surface area contributed by atoms with Crippen molar-refractivity contribution in [1.29, 1.82) is 0 Å². The Balaban J connectivity index is 1.56. The molecule has 2 heteroatoms. The van der Waals surface area contributed by atoms with E-state index < -0.39 is 0 Å². The summed E-state index contributed by atoms with van der Waals surface area (Å²) in [5.74, 6) is 0.979. The number of hydrogen-bond donors (Lipinski definition) is 0. The molecule has 0 saturated carbocycles. The van der Waals surface area contributed by atoms with Gasteiger partial charge in [0, 0.05) is 0 Å². The van der Waals surface area contributed by atoms with Crippen LogP contribution >= 0.6 is 0 Å². The van der Waals surface area contributed by atoms with Crippen LogP contribution in [0, 0.1) is 0 Å². The minimum atomic E-state index is 0.329. The van der Waals surface area contributed by atoms with Gasteiger partial charge in [-0.25, -0.2) is 0 Å². The first-order chi connectivity index (χ1) is 10.4. The molecule has 2 rings (SSSR count). The van der Waals surface area contributed by atoms with Crippen LogP contribution < -0.4 is 4.74 Å². The highest BCUT2D eigenvalue weighted by Gasteiger charge is 2.22. The summed E-state index contributed by atoms with van der Waals surface area (Å²) in [6, 6.07) is 8.50. The van der Waals surface area contributed by atoms with Crippen LogP contribution in [0.15, 0.2) is 36.4 Å². The largest absolute Gasteiger partial charge is 0.491 e. The molecule has 0 spiro atoms. The predicted molar refractivity (Wildman–Crippen MR) is 87.9 cm³/mol. The number of ether oxygens (including phenoxy) is 2. The molecule has 21 heavy (non-hydrogen) atoms. The highest BCUT2D eigenvalue weighted by molar-refractivity contribution is 5.28. The maximum absolute atomic E-state index is 5.72. The third kappa shape index (κ3) is 7.33. The first-order valence-corrected chi connectivity index (χ1v) is 8.37. The fourth-order valence-electron chi connectivity index (χ4n) is 2.37. The van der Waals surface area contributed by atoms with E-state index in [0.717, 1.165) is 25.2 Å². The van der Waals surface area contributed by atoms with Crippen molar-refractivity contribution in [2.45, 2.75) is 58.0 Å². The molecule has 1 heterocycles. The molecule has 1 saturated heterocycles. The van der Waals surface area contributed by atoms with Crippen molar-refractivity contribution in [3.05, 3.63) is 42.0 Å². The predicted octanol–water partition coefficient (Wildman–Crippen LogP) is 4.92. The van der Waals surface area contributed by atoms with Crippen LogP contribution in [0.1, 0.15) is 51.0 Å². The number of benzene rings is 1. The third-order valence-corrected chi connectivity index (χ3v) is 3.73. The maximum Gasteiger partial charge on any atom is 0.119 e. The minimum absolute atomic E-state index is 0.329. The number of allylic oxidation sites excluding steroid dienone is 2. The molecule has 1 aliphatic heterocycles. The SMILES string of the molecule is CC/C=C/CCCCCCc1cccc(OCC2CO2)c1. The van der Waals surface area contributed by atoms with E-state index in [1.54, 1.807) is 0 Å². The van der Waals surface area contributed by atoms with Crippen molar-refractivity contribution in [2.24, 2.45) is 0 Å². The van der Waals surface area contributed by atoms with E-state index >= 15 is 0 Å². The number of hydrogen-bond acceptors (Lipinski definition) is 2. The van der Waals surface area contributed by atoms with Crippen molar-refractivity contribution < 1.29 is 9.47 Å². The zero-order valence-electron chi connectivity index (χ0n) is 13.2. The first-order valence-electron chi connectivity index (χ1n) is 8.37. The fourth-order valence-corrected chi connectivity index (χ4v) is 2.37. The number of aryl methyl sites for hydroxylation is 1. The quantitative estimate of drug-likeness (QED) is 0.327. The summed E-state index contributed by atoms with van der Waals surface area (Å²) in [7, 11) is 0. The highest BCUT2D eigenvalue weighted by Crippen LogP contribution is 2.18. The minimum Gasteiger partial charge on any atom is -0.491 e. The van der Waals surface area contributed by atoms with Gasteiger partial charge in [0.15, 0.2) is 0 Å². The second kappa shape index (κ2) is 9.62. The normalized spacial score (nSPS) is 17.3. The Hall–Kier alpha value is -1.28. The van der Waals surface area contributed by atoms with E-state index in [-0.39, 0.29) is 0 Å². The fraction of sp³-hybridized carbons (Fsp3) is 0.579. The van der Waals surface area contributed by atoms with Gasteiger partial charge < -0.3 is 9.47 Å². The average molecular weight is 288 g/mol. The molecule has 0 bridgehead atoms. The van der Waals surface area contributed by atoms with E-state index in [0.29, 0.717) is 12.7 Å².